The Morgan fingerprint density at radius 2 is 1.94 bits per heavy atom. The molecule has 2 unspecified atom stereocenters. The molecule has 2 aliphatic heterocycles. The topological polar surface area (TPSA) is 76.1 Å². The Balaban J connectivity index is 1.66. The SMILES string of the molecule is CCOC(=O)C1=CN2C(CC1=O)c1cc(O)c(OCc3ccccc3)cc1CC2C(C)C. The molecule has 2 aromatic carbocycles. The number of esters is 1. The van der Waals surface area contributed by atoms with Gasteiger partial charge in [-0.05, 0) is 48.1 Å². The molecule has 0 aliphatic carbocycles. The third-order valence-electron chi connectivity index (χ3n) is 6.21. The van der Waals surface area contributed by atoms with E-state index in [0.29, 0.717) is 18.3 Å². The van der Waals surface area contributed by atoms with Crippen LogP contribution >= 0.6 is 0 Å². The van der Waals surface area contributed by atoms with Gasteiger partial charge in [0.1, 0.15) is 12.2 Å². The summed E-state index contributed by atoms with van der Waals surface area (Å²) < 4.78 is 11.0. The van der Waals surface area contributed by atoms with Crippen LogP contribution in [-0.4, -0.2) is 34.4 Å². The van der Waals surface area contributed by atoms with Crippen molar-refractivity contribution < 1.29 is 24.2 Å². The van der Waals surface area contributed by atoms with Crippen LogP contribution in [0.2, 0.25) is 0 Å². The molecule has 2 atom stereocenters. The maximum Gasteiger partial charge on any atom is 0.343 e. The molecule has 0 saturated carbocycles. The van der Waals surface area contributed by atoms with Crippen molar-refractivity contribution in [3.8, 4) is 11.5 Å². The van der Waals surface area contributed by atoms with E-state index in [9.17, 15) is 14.7 Å². The second-order valence-corrected chi connectivity index (χ2v) is 8.66. The van der Waals surface area contributed by atoms with Crippen molar-refractivity contribution in [1.82, 2.24) is 4.90 Å². The summed E-state index contributed by atoms with van der Waals surface area (Å²) in [5.74, 6) is -0.0227. The molecule has 2 heterocycles. The minimum absolute atomic E-state index is 0.0512. The molecule has 0 saturated heterocycles. The zero-order valence-corrected chi connectivity index (χ0v) is 18.7. The molecule has 0 radical (unpaired) electrons. The summed E-state index contributed by atoms with van der Waals surface area (Å²) in [7, 11) is 0. The monoisotopic (exact) mass is 435 g/mol. The van der Waals surface area contributed by atoms with Crippen molar-refractivity contribution in [2.45, 2.75) is 52.3 Å². The van der Waals surface area contributed by atoms with Gasteiger partial charge in [-0.15, -0.1) is 0 Å². The van der Waals surface area contributed by atoms with Gasteiger partial charge in [0.25, 0.3) is 0 Å². The number of carbonyl (C=O) groups excluding carboxylic acids is 2. The summed E-state index contributed by atoms with van der Waals surface area (Å²) >= 11 is 0. The standard InChI is InChI=1S/C26H29NO5/c1-4-31-26(30)20-14-27-21(16(2)3)10-18-11-25(32-15-17-8-6-5-7-9-17)24(29)12-19(18)22(27)13-23(20)28/h5-9,11-12,14,16,21-22,29H,4,10,13,15H2,1-3H3. The molecule has 2 aromatic rings. The minimum Gasteiger partial charge on any atom is -0.504 e. The van der Waals surface area contributed by atoms with Gasteiger partial charge in [0, 0.05) is 18.7 Å². The Morgan fingerprint density at radius 3 is 2.62 bits per heavy atom. The predicted octanol–water partition coefficient (Wildman–Crippen LogP) is 4.31. The molecule has 2 aliphatic rings. The zero-order chi connectivity index (χ0) is 22.8. The van der Waals surface area contributed by atoms with E-state index >= 15 is 0 Å². The number of fused-ring (bicyclic) bond motifs is 3. The van der Waals surface area contributed by atoms with E-state index < -0.39 is 5.97 Å². The van der Waals surface area contributed by atoms with Gasteiger partial charge in [0.2, 0.25) is 0 Å². The molecule has 6 heteroatoms. The molecule has 1 N–H and O–H groups in total. The van der Waals surface area contributed by atoms with Gasteiger partial charge >= 0.3 is 5.97 Å². The Hall–Kier alpha value is -3.28. The average molecular weight is 436 g/mol. The van der Waals surface area contributed by atoms with Gasteiger partial charge < -0.3 is 19.5 Å². The molecule has 0 spiro atoms. The number of hydrogen-bond acceptors (Lipinski definition) is 6. The number of phenolic OH excluding ortho intramolecular Hbond substituents is 1. The summed E-state index contributed by atoms with van der Waals surface area (Å²) in [5.41, 5.74) is 3.08. The minimum atomic E-state index is -0.572. The first kappa shape index (κ1) is 21.9. The fourth-order valence-corrected chi connectivity index (χ4v) is 4.55. The van der Waals surface area contributed by atoms with E-state index in [1.54, 1.807) is 19.2 Å². The lowest BCUT2D eigenvalue weighted by Crippen LogP contribution is -2.47. The zero-order valence-electron chi connectivity index (χ0n) is 18.7. The molecular formula is C26H29NO5. The predicted molar refractivity (Wildman–Crippen MR) is 120 cm³/mol. The Labute approximate surface area is 188 Å². The lowest BCUT2D eigenvalue weighted by Gasteiger charge is -2.46. The Morgan fingerprint density at radius 1 is 1.19 bits per heavy atom. The lowest BCUT2D eigenvalue weighted by atomic mass is 9.80. The summed E-state index contributed by atoms with van der Waals surface area (Å²) in [6.45, 7) is 6.58. The fourth-order valence-electron chi connectivity index (χ4n) is 4.55. The number of nitrogens with zero attached hydrogens (tertiary/aromatic N) is 1. The number of aromatic hydroxyl groups is 1. The highest BCUT2D eigenvalue weighted by Crippen LogP contribution is 2.45. The molecule has 0 aromatic heterocycles. The van der Waals surface area contributed by atoms with E-state index in [-0.39, 0.29) is 42.2 Å². The fraction of sp³-hybridized carbons (Fsp3) is 0.385. The number of rotatable bonds is 6. The second kappa shape index (κ2) is 9.07. The highest BCUT2D eigenvalue weighted by molar-refractivity contribution is 6.17. The van der Waals surface area contributed by atoms with Crippen molar-refractivity contribution in [2.75, 3.05) is 6.61 Å². The van der Waals surface area contributed by atoms with E-state index in [1.165, 1.54) is 0 Å². The van der Waals surface area contributed by atoms with E-state index in [0.717, 1.165) is 23.1 Å². The third-order valence-corrected chi connectivity index (χ3v) is 6.21. The van der Waals surface area contributed by atoms with Gasteiger partial charge in [0.15, 0.2) is 17.3 Å². The highest BCUT2D eigenvalue weighted by atomic mass is 16.5. The lowest BCUT2D eigenvalue weighted by molar-refractivity contribution is -0.140. The van der Waals surface area contributed by atoms with Gasteiger partial charge in [-0.3, -0.25) is 4.79 Å². The number of hydrogen-bond donors (Lipinski definition) is 1. The Kier molecular flexibility index (Phi) is 6.21. The molecular weight excluding hydrogens is 406 g/mol. The van der Waals surface area contributed by atoms with Crippen molar-refractivity contribution in [1.29, 1.82) is 0 Å². The molecule has 32 heavy (non-hydrogen) atoms. The molecule has 4 rings (SSSR count). The smallest absolute Gasteiger partial charge is 0.343 e. The van der Waals surface area contributed by atoms with Crippen LogP contribution in [-0.2, 0) is 27.4 Å². The van der Waals surface area contributed by atoms with Crippen LogP contribution in [0, 0.1) is 5.92 Å². The molecule has 0 amide bonds. The first-order chi connectivity index (χ1) is 15.4. The van der Waals surface area contributed by atoms with Crippen LogP contribution in [0.3, 0.4) is 0 Å². The normalized spacial score (nSPS) is 19.8. The van der Waals surface area contributed by atoms with Gasteiger partial charge in [-0.25, -0.2) is 4.79 Å². The number of ether oxygens (including phenoxy) is 2. The van der Waals surface area contributed by atoms with Gasteiger partial charge in [0.05, 0.1) is 12.6 Å². The number of ketones is 1. The molecule has 168 valence electrons. The summed E-state index contributed by atoms with van der Waals surface area (Å²) in [6.07, 6.45) is 2.57. The van der Waals surface area contributed by atoms with Crippen LogP contribution in [0.5, 0.6) is 11.5 Å². The van der Waals surface area contributed by atoms with Crippen molar-refractivity contribution in [3.05, 3.63) is 70.9 Å². The van der Waals surface area contributed by atoms with Crippen molar-refractivity contribution >= 4 is 11.8 Å². The highest BCUT2D eigenvalue weighted by Gasteiger charge is 2.41. The largest absolute Gasteiger partial charge is 0.504 e. The average Bonchev–Trinajstić information content (AvgIpc) is 2.77. The van der Waals surface area contributed by atoms with Crippen LogP contribution in [0.1, 0.15) is 49.9 Å². The quantitative estimate of drug-likeness (QED) is 0.538. The van der Waals surface area contributed by atoms with Gasteiger partial charge in [-0.2, -0.15) is 0 Å². The first-order valence-corrected chi connectivity index (χ1v) is 11.1. The molecule has 6 nitrogen and oxygen atoms in total. The second-order valence-electron chi connectivity index (χ2n) is 8.66. The number of phenols is 1. The third kappa shape index (κ3) is 4.22. The van der Waals surface area contributed by atoms with E-state index in [1.807, 2.05) is 36.4 Å². The number of benzene rings is 2. The van der Waals surface area contributed by atoms with Crippen LogP contribution in [0.25, 0.3) is 0 Å². The first-order valence-electron chi connectivity index (χ1n) is 11.1. The van der Waals surface area contributed by atoms with Crippen LogP contribution < -0.4 is 4.74 Å². The van der Waals surface area contributed by atoms with Gasteiger partial charge in [-0.1, -0.05) is 44.2 Å². The maximum absolute atomic E-state index is 12.8. The molecule has 0 fully saturated rings. The Bertz CT molecular complexity index is 1040. The van der Waals surface area contributed by atoms with E-state index in [2.05, 4.69) is 18.7 Å². The summed E-state index contributed by atoms with van der Waals surface area (Å²) in [5, 5.41) is 10.7. The van der Waals surface area contributed by atoms with Crippen molar-refractivity contribution in [2.24, 2.45) is 5.92 Å². The summed E-state index contributed by atoms with van der Waals surface area (Å²) in [6, 6.07) is 13.3. The van der Waals surface area contributed by atoms with Crippen LogP contribution in [0.15, 0.2) is 54.2 Å². The van der Waals surface area contributed by atoms with Crippen molar-refractivity contribution in [3.63, 3.8) is 0 Å². The maximum atomic E-state index is 12.8. The number of Topliss-reactive ketones (excluding diaryl/α,β-unsaturated/α-hetero) is 1. The number of carbonyl (C=O) groups is 2. The van der Waals surface area contributed by atoms with E-state index in [4.69, 9.17) is 9.47 Å². The van der Waals surface area contributed by atoms with Crippen LogP contribution in [0.4, 0.5) is 0 Å². The summed E-state index contributed by atoms with van der Waals surface area (Å²) in [4.78, 5) is 27.2. The molecule has 0 bridgehead atoms.